The molecular weight excluding hydrogens is 252 g/mol. The van der Waals surface area contributed by atoms with E-state index in [1.807, 2.05) is 32.0 Å². The second kappa shape index (κ2) is 5.92. The zero-order chi connectivity index (χ0) is 14.7. The fourth-order valence-corrected chi connectivity index (χ4v) is 2.35. The zero-order valence-electron chi connectivity index (χ0n) is 12.3. The maximum atomic E-state index is 6.39. The lowest BCUT2D eigenvalue weighted by Crippen LogP contribution is -2.15. The van der Waals surface area contributed by atoms with E-state index in [1.54, 1.807) is 20.4 Å². The van der Waals surface area contributed by atoms with Gasteiger partial charge >= 0.3 is 0 Å². The molecule has 1 unspecified atom stereocenters. The number of methoxy groups -OCH3 is 2. The van der Waals surface area contributed by atoms with E-state index in [4.69, 9.17) is 15.2 Å². The molecule has 0 fully saturated rings. The highest BCUT2D eigenvalue weighted by atomic mass is 16.5. The Balaban J connectivity index is 2.48. The number of ether oxygens (including phenoxy) is 2. The Labute approximate surface area is 119 Å². The van der Waals surface area contributed by atoms with Gasteiger partial charge in [0.25, 0.3) is 0 Å². The minimum Gasteiger partial charge on any atom is -0.496 e. The molecule has 2 rings (SSSR count). The highest BCUT2D eigenvalue weighted by molar-refractivity contribution is 5.47. The summed E-state index contributed by atoms with van der Waals surface area (Å²) >= 11 is 0. The van der Waals surface area contributed by atoms with Crippen molar-refractivity contribution in [3.63, 3.8) is 0 Å². The summed E-state index contributed by atoms with van der Waals surface area (Å²) in [5, 5.41) is 0. The number of hydrogen-bond acceptors (Lipinski definition) is 4. The SMILES string of the molecule is COc1cc(C)c(C(N)c2cccnc2OC)cc1C. The minimum atomic E-state index is -0.275. The van der Waals surface area contributed by atoms with Crippen LogP contribution in [0.15, 0.2) is 30.5 Å². The van der Waals surface area contributed by atoms with Crippen molar-refractivity contribution in [2.24, 2.45) is 5.73 Å². The van der Waals surface area contributed by atoms with Crippen LogP contribution < -0.4 is 15.2 Å². The average Bonchev–Trinajstić information content (AvgIpc) is 2.48. The van der Waals surface area contributed by atoms with Gasteiger partial charge in [-0.2, -0.15) is 0 Å². The molecule has 0 aliphatic carbocycles. The Kier molecular flexibility index (Phi) is 4.25. The predicted molar refractivity (Wildman–Crippen MR) is 79.3 cm³/mol. The van der Waals surface area contributed by atoms with Gasteiger partial charge in [0.05, 0.1) is 20.3 Å². The lowest BCUT2D eigenvalue weighted by molar-refractivity contribution is 0.390. The number of pyridine rings is 1. The molecule has 1 aromatic carbocycles. The molecule has 0 aliphatic heterocycles. The van der Waals surface area contributed by atoms with Gasteiger partial charge in [-0.3, -0.25) is 0 Å². The van der Waals surface area contributed by atoms with Crippen molar-refractivity contribution in [3.8, 4) is 11.6 Å². The van der Waals surface area contributed by atoms with Crippen LogP contribution in [0.25, 0.3) is 0 Å². The number of aryl methyl sites for hydroxylation is 2. The minimum absolute atomic E-state index is 0.275. The van der Waals surface area contributed by atoms with Gasteiger partial charge in [0.15, 0.2) is 0 Å². The molecule has 0 spiro atoms. The molecule has 1 atom stereocenters. The number of aromatic nitrogens is 1. The Morgan fingerprint density at radius 1 is 1.05 bits per heavy atom. The van der Waals surface area contributed by atoms with Crippen LogP contribution >= 0.6 is 0 Å². The third kappa shape index (κ3) is 2.60. The zero-order valence-corrected chi connectivity index (χ0v) is 12.3. The summed E-state index contributed by atoms with van der Waals surface area (Å²) in [7, 11) is 3.27. The standard InChI is InChI=1S/C16H20N2O2/c1-10-9-14(19-3)11(2)8-13(10)15(17)12-6-5-7-18-16(12)20-4/h5-9,15H,17H2,1-4H3. The van der Waals surface area contributed by atoms with Crippen molar-refractivity contribution >= 4 is 0 Å². The number of hydrogen-bond donors (Lipinski definition) is 1. The summed E-state index contributed by atoms with van der Waals surface area (Å²) in [6.07, 6.45) is 1.70. The molecule has 0 saturated carbocycles. The summed E-state index contributed by atoms with van der Waals surface area (Å²) in [6, 6.07) is 7.60. The topological polar surface area (TPSA) is 57.4 Å². The van der Waals surface area contributed by atoms with Crippen LogP contribution in [0.1, 0.15) is 28.3 Å². The van der Waals surface area contributed by atoms with Crippen molar-refractivity contribution in [2.45, 2.75) is 19.9 Å². The normalized spacial score (nSPS) is 12.1. The maximum absolute atomic E-state index is 6.39. The summed E-state index contributed by atoms with van der Waals surface area (Å²) < 4.78 is 10.6. The molecule has 1 heterocycles. The van der Waals surface area contributed by atoms with Crippen molar-refractivity contribution in [1.82, 2.24) is 4.98 Å². The molecule has 4 nitrogen and oxygen atoms in total. The molecule has 0 saturated heterocycles. The van der Waals surface area contributed by atoms with Crippen molar-refractivity contribution in [2.75, 3.05) is 14.2 Å². The van der Waals surface area contributed by atoms with E-state index in [2.05, 4.69) is 11.1 Å². The average molecular weight is 272 g/mol. The molecule has 20 heavy (non-hydrogen) atoms. The molecule has 0 radical (unpaired) electrons. The van der Waals surface area contributed by atoms with Crippen LogP contribution in [0.2, 0.25) is 0 Å². The molecule has 106 valence electrons. The van der Waals surface area contributed by atoms with Crippen molar-refractivity contribution < 1.29 is 9.47 Å². The predicted octanol–water partition coefficient (Wildman–Crippen LogP) is 2.76. The van der Waals surface area contributed by atoms with E-state index >= 15 is 0 Å². The Bertz CT molecular complexity index is 611. The molecule has 2 aromatic rings. The van der Waals surface area contributed by atoms with Gasteiger partial charge in [-0.15, -0.1) is 0 Å². The summed E-state index contributed by atoms with van der Waals surface area (Å²) in [6.45, 7) is 4.04. The lowest BCUT2D eigenvalue weighted by Gasteiger charge is -2.19. The van der Waals surface area contributed by atoms with Gasteiger partial charge in [0.1, 0.15) is 5.75 Å². The molecule has 0 amide bonds. The van der Waals surface area contributed by atoms with Crippen LogP contribution in [0.3, 0.4) is 0 Å². The van der Waals surface area contributed by atoms with Gasteiger partial charge in [0.2, 0.25) is 5.88 Å². The second-order valence-corrected chi connectivity index (χ2v) is 4.76. The molecule has 0 aliphatic rings. The number of benzene rings is 1. The third-order valence-corrected chi connectivity index (χ3v) is 3.45. The Morgan fingerprint density at radius 2 is 1.80 bits per heavy atom. The van der Waals surface area contributed by atoms with Gasteiger partial charge in [-0.05, 0) is 42.7 Å². The Morgan fingerprint density at radius 3 is 2.45 bits per heavy atom. The van der Waals surface area contributed by atoms with E-state index in [0.717, 1.165) is 28.0 Å². The van der Waals surface area contributed by atoms with Gasteiger partial charge in [-0.1, -0.05) is 12.1 Å². The van der Waals surface area contributed by atoms with Crippen molar-refractivity contribution in [3.05, 3.63) is 52.7 Å². The van der Waals surface area contributed by atoms with Gasteiger partial charge in [-0.25, -0.2) is 4.98 Å². The van der Waals surface area contributed by atoms with E-state index < -0.39 is 0 Å². The molecule has 2 N–H and O–H groups in total. The number of nitrogens with zero attached hydrogens (tertiary/aromatic N) is 1. The van der Waals surface area contributed by atoms with Crippen molar-refractivity contribution in [1.29, 1.82) is 0 Å². The summed E-state index contributed by atoms with van der Waals surface area (Å²) in [4.78, 5) is 4.20. The largest absolute Gasteiger partial charge is 0.496 e. The molecular formula is C16H20N2O2. The van der Waals surface area contributed by atoms with Crippen LogP contribution in [0.5, 0.6) is 11.6 Å². The molecule has 4 heteroatoms. The molecule has 0 bridgehead atoms. The fraction of sp³-hybridized carbons (Fsp3) is 0.312. The first kappa shape index (κ1) is 14.3. The highest BCUT2D eigenvalue weighted by Gasteiger charge is 2.17. The molecule has 1 aromatic heterocycles. The van der Waals surface area contributed by atoms with Crippen LogP contribution in [0.4, 0.5) is 0 Å². The second-order valence-electron chi connectivity index (χ2n) is 4.76. The first-order valence-corrected chi connectivity index (χ1v) is 6.48. The van der Waals surface area contributed by atoms with Crippen LogP contribution in [0, 0.1) is 13.8 Å². The number of nitrogens with two attached hydrogens (primary N) is 1. The Hall–Kier alpha value is -2.07. The van der Waals surface area contributed by atoms with E-state index in [0.29, 0.717) is 5.88 Å². The highest BCUT2D eigenvalue weighted by Crippen LogP contribution is 2.31. The first-order chi connectivity index (χ1) is 9.58. The van der Waals surface area contributed by atoms with E-state index in [9.17, 15) is 0 Å². The monoisotopic (exact) mass is 272 g/mol. The quantitative estimate of drug-likeness (QED) is 0.929. The summed E-state index contributed by atoms with van der Waals surface area (Å²) in [5.74, 6) is 1.43. The van der Waals surface area contributed by atoms with Crippen LogP contribution in [-0.2, 0) is 0 Å². The maximum Gasteiger partial charge on any atom is 0.218 e. The lowest BCUT2D eigenvalue weighted by atomic mass is 9.94. The van der Waals surface area contributed by atoms with Gasteiger partial charge in [0, 0.05) is 11.8 Å². The van der Waals surface area contributed by atoms with Gasteiger partial charge < -0.3 is 15.2 Å². The fourth-order valence-electron chi connectivity index (χ4n) is 2.35. The smallest absolute Gasteiger partial charge is 0.218 e. The number of rotatable bonds is 4. The summed E-state index contributed by atoms with van der Waals surface area (Å²) in [5.41, 5.74) is 10.5. The van der Waals surface area contributed by atoms with E-state index in [1.165, 1.54) is 0 Å². The van der Waals surface area contributed by atoms with E-state index in [-0.39, 0.29) is 6.04 Å². The first-order valence-electron chi connectivity index (χ1n) is 6.48. The van der Waals surface area contributed by atoms with Crippen LogP contribution in [-0.4, -0.2) is 19.2 Å². The third-order valence-electron chi connectivity index (χ3n) is 3.45.